The number of nitrogens with one attached hydrogen (secondary N) is 1. The van der Waals surface area contributed by atoms with E-state index in [1.54, 1.807) is 6.20 Å². The van der Waals surface area contributed by atoms with Crippen LogP contribution in [0.15, 0.2) is 36.5 Å². The van der Waals surface area contributed by atoms with Crippen LogP contribution < -0.4 is 15.8 Å². The van der Waals surface area contributed by atoms with Crippen LogP contribution in [0, 0.1) is 5.92 Å². The molecule has 0 bridgehead atoms. The molecule has 3 N–H and O–H groups in total. The van der Waals surface area contributed by atoms with Crippen LogP contribution >= 0.6 is 0 Å². The SMILES string of the molecule is CCC(C)C(N)C(=O)NCCCOc1cccc2cccnc12. The number of hydrogen-bond acceptors (Lipinski definition) is 4. The highest BCUT2D eigenvalue weighted by Gasteiger charge is 2.18. The Morgan fingerprint density at radius 2 is 2.13 bits per heavy atom. The first-order valence-electron chi connectivity index (χ1n) is 8.13. The average molecular weight is 315 g/mol. The summed E-state index contributed by atoms with van der Waals surface area (Å²) in [6, 6.07) is 9.33. The van der Waals surface area contributed by atoms with E-state index in [9.17, 15) is 4.79 Å². The summed E-state index contributed by atoms with van der Waals surface area (Å²) >= 11 is 0. The van der Waals surface area contributed by atoms with Gasteiger partial charge < -0.3 is 15.8 Å². The third kappa shape index (κ3) is 4.66. The Morgan fingerprint density at radius 3 is 2.91 bits per heavy atom. The summed E-state index contributed by atoms with van der Waals surface area (Å²) in [5, 5.41) is 3.92. The van der Waals surface area contributed by atoms with Crippen molar-refractivity contribution in [2.45, 2.75) is 32.7 Å². The summed E-state index contributed by atoms with van der Waals surface area (Å²) in [7, 11) is 0. The Morgan fingerprint density at radius 1 is 1.35 bits per heavy atom. The molecule has 2 unspecified atom stereocenters. The maximum Gasteiger partial charge on any atom is 0.237 e. The van der Waals surface area contributed by atoms with Crippen LogP contribution in [0.3, 0.4) is 0 Å². The zero-order chi connectivity index (χ0) is 16.7. The Hall–Kier alpha value is -2.14. The second-order valence-electron chi connectivity index (χ2n) is 5.74. The fourth-order valence-electron chi connectivity index (χ4n) is 2.29. The van der Waals surface area contributed by atoms with E-state index in [1.165, 1.54) is 0 Å². The number of fused-ring (bicyclic) bond motifs is 1. The smallest absolute Gasteiger partial charge is 0.237 e. The number of aromatic nitrogens is 1. The molecular formula is C18H25N3O2. The number of benzene rings is 1. The molecule has 1 aromatic carbocycles. The van der Waals surface area contributed by atoms with Crippen molar-refractivity contribution in [2.75, 3.05) is 13.2 Å². The van der Waals surface area contributed by atoms with Gasteiger partial charge in [0.05, 0.1) is 12.6 Å². The lowest BCUT2D eigenvalue weighted by molar-refractivity contribution is -0.123. The first kappa shape index (κ1) is 17.2. The van der Waals surface area contributed by atoms with Crippen LogP contribution in [0.1, 0.15) is 26.7 Å². The standard InChI is InChI=1S/C18H25N3O2/c1-3-13(2)16(19)18(22)21-11-6-12-23-15-9-4-7-14-8-5-10-20-17(14)15/h4-5,7-10,13,16H,3,6,11-12,19H2,1-2H3,(H,21,22). The molecule has 1 amide bonds. The predicted octanol–water partition coefficient (Wildman–Crippen LogP) is 2.49. The zero-order valence-electron chi connectivity index (χ0n) is 13.8. The van der Waals surface area contributed by atoms with E-state index < -0.39 is 6.04 Å². The Bertz CT molecular complexity index is 640. The average Bonchev–Trinajstić information content (AvgIpc) is 2.60. The van der Waals surface area contributed by atoms with Crippen LogP contribution in [0.2, 0.25) is 0 Å². The number of amides is 1. The maximum absolute atomic E-state index is 11.9. The Labute approximate surface area is 137 Å². The molecule has 0 saturated heterocycles. The Balaban J connectivity index is 1.76. The molecule has 1 heterocycles. The van der Waals surface area contributed by atoms with Gasteiger partial charge in [0, 0.05) is 18.1 Å². The molecule has 1 aromatic heterocycles. The first-order chi connectivity index (χ1) is 11.1. The molecule has 0 aliphatic carbocycles. The van der Waals surface area contributed by atoms with Gasteiger partial charge in [0.25, 0.3) is 0 Å². The fraction of sp³-hybridized carbons (Fsp3) is 0.444. The van der Waals surface area contributed by atoms with Crippen molar-refractivity contribution in [3.63, 3.8) is 0 Å². The monoisotopic (exact) mass is 315 g/mol. The molecule has 5 heteroatoms. The molecule has 0 aliphatic heterocycles. The van der Waals surface area contributed by atoms with Gasteiger partial charge in [0.15, 0.2) is 0 Å². The van der Waals surface area contributed by atoms with E-state index in [2.05, 4.69) is 10.3 Å². The van der Waals surface area contributed by atoms with E-state index in [4.69, 9.17) is 10.5 Å². The van der Waals surface area contributed by atoms with E-state index in [-0.39, 0.29) is 11.8 Å². The van der Waals surface area contributed by atoms with Gasteiger partial charge in [-0.3, -0.25) is 9.78 Å². The molecule has 124 valence electrons. The van der Waals surface area contributed by atoms with Crippen molar-refractivity contribution in [3.05, 3.63) is 36.5 Å². The van der Waals surface area contributed by atoms with E-state index in [0.717, 1.165) is 29.5 Å². The van der Waals surface area contributed by atoms with Gasteiger partial charge >= 0.3 is 0 Å². The second-order valence-corrected chi connectivity index (χ2v) is 5.74. The largest absolute Gasteiger partial charge is 0.491 e. The van der Waals surface area contributed by atoms with Crippen LogP contribution in [0.25, 0.3) is 10.9 Å². The van der Waals surface area contributed by atoms with Crippen LogP contribution in [0.4, 0.5) is 0 Å². The van der Waals surface area contributed by atoms with E-state index >= 15 is 0 Å². The third-order valence-corrected chi connectivity index (χ3v) is 4.03. The van der Waals surface area contributed by atoms with E-state index in [0.29, 0.717) is 13.2 Å². The van der Waals surface area contributed by atoms with Crippen molar-refractivity contribution in [2.24, 2.45) is 11.7 Å². The molecular weight excluding hydrogens is 290 g/mol. The second kappa shape index (κ2) is 8.48. The van der Waals surface area contributed by atoms with Gasteiger partial charge in [-0.2, -0.15) is 0 Å². The number of carbonyl (C=O) groups excluding carboxylic acids is 1. The molecule has 2 atom stereocenters. The summed E-state index contributed by atoms with van der Waals surface area (Å²) in [6.45, 7) is 5.10. The molecule has 2 aromatic rings. The Kier molecular flexibility index (Phi) is 6.35. The summed E-state index contributed by atoms with van der Waals surface area (Å²) in [6.07, 6.45) is 3.37. The summed E-state index contributed by atoms with van der Waals surface area (Å²) in [5.41, 5.74) is 6.75. The summed E-state index contributed by atoms with van der Waals surface area (Å²) in [5.74, 6) is 0.866. The highest BCUT2D eigenvalue weighted by Crippen LogP contribution is 2.22. The maximum atomic E-state index is 11.9. The lowest BCUT2D eigenvalue weighted by atomic mass is 9.99. The number of ether oxygens (including phenoxy) is 1. The zero-order valence-corrected chi connectivity index (χ0v) is 13.8. The van der Waals surface area contributed by atoms with E-state index in [1.807, 2.05) is 44.2 Å². The number of carbonyl (C=O) groups is 1. The van der Waals surface area contributed by atoms with Crippen LogP contribution in [0.5, 0.6) is 5.75 Å². The van der Waals surface area contributed by atoms with Crippen LogP contribution in [-0.4, -0.2) is 30.1 Å². The molecule has 0 fully saturated rings. The van der Waals surface area contributed by atoms with Crippen LogP contribution in [-0.2, 0) is 4.79 Å². The van der Waals surface area contributed by atoms with Crippen molar-refractivity contribution in [1.82, 2.24) is 10.3 Å². The molecule has 0 radical (unpaired) electrons. The lowest BCUT2D eigenvalue weighted by Crippen LogP contribution is -2.45. The summed E-state index contributed by atoms with van der Waals surface area (Å²) in [4.78, 5) is 16.2. The lowest BCUT2D eigenvalue weighted by Gasteiger charge is -2.17. The normalized spacial score (nSPS) is 13.5. The van der Waals surface area contributed by atoms with Gasteiger partial charge in [-0.05, 0) is 24.5 Å². The van der Waals surface area contributed by atoms with Gasteiger partial charge in [0.1, 0.15) is 11.3 Å². The van der Waals surface area contributed by atoms with Crippen molar-refractivity contribution in [3.8, 4) is 5.75 Å². The minimum absolute atomic E-state index is 0.0915. The number of nitrogens with two attached hydrogens (primary N) is 1. The predicted molar refractivity (Wildman–Crippen MR) is 92.3 cm³/mol. The first-order valence-corrected chi connectivity index (χ1v) is 8.13. The highest BCUT2D eigenvalue weighted by atomic mass is 16.5. The molecule has 5 nitrogen and oxygen atoms in total. The van der Waals surface area contributed by atoms with Crippen molar-refractivity contribution >= 4 is 16.8 Å². The quantitative estimate of drug-likeness (QED) is 0.734. The number of hydrogen-bond donors (Lipinski definition) is 2. The van der Waals surface area contributed by atoms with Gasteiger partial charge in [-0.15, -0.1) is 0 Å². The number of rotatable bonds is 8. The third-order valence-electron chi connectivity index (χ3n) is 4.03. The van der Waals surface area contributed by atoms with Crippen molar-refractivity contribution in [1.29, 1.82) is 0 Å². The number of nitrogens with zero attached hydrogens (tertiary/aromatic N) is 1. The minimum atomic E-state index is -0.441. The minimum Gasteiger partial charge on any atom is -0.491 e. The summed E-state index contributed by atoms with van der Waals surface area (Å²) < 4.78 is 5.79. The molecule has 0 spiro atoms. The molecule has 23 heavy (non-hydrogen) atoms. The topological polar surface area (TPSA) is 77.2 Å². The van der Waals surface area contributed by atoms with Gasteiger partial charge in [0.2, 0.25) is 5.91 Å². The van der Waals surface area contributed by atoms with Gasteiger partial charge in [-0.25, -0.2) is 0 Å². The van der Waals surface area contributed by atoms with Crippen molar-refractivity contribution < 1.29 is 9.53 Å². The fourth-order valence-corrected chi connectivity index (χ4v) is 2.29. The highest BCUT2D eigenvalue weighted by molar-refractivity contribution is 5.84. The molecule has 0 aliphatic rings. The molecule has 0 saturated carbocycles. The van der Waals surface area contributed by atoms with Gasteiger partial charge in [-0.1, -0.05) is 38.5 Å². The molecule has 2 rings (SSSR count). The number of para-hydroxylation sites is 1. The number of pyridine rings is 1.